The van der Waals surface area contributed by atoms with E-state index < -0.39 is 0 Å². The Hall–Kier alpha value is -0.930. The number of rotatable bonds is 0. The highest BCUT2D eigenvalue weighted by Crippen LogP contribution is 2.05. The van der Waals surface area contributed by atoms with Crippen molar-refractivity contribution in [1.82, 2.24) is 15.2 Å². The lowest BCUT2D eigenvalue weighted by atomic mass is 10.1. The molecule has 0 aliphatic carbocycles. The zero-order valence-electron chi connectivity index (χ0n) is 10.1. The molecule has 0 radical (unpaired) electrons. The molecule has 0 saturated heterocycles. The fourth-order valence-electron chi connectivity index (χ4n) is 2.05. The largest absolute Gasteiger partial charge is 0.310 e. The molecule has 0 unspecified atom stereocenters. The number of nitrogens with one attached hydrogen (secondary N) is 1. The Kier molecular flexibility index (Phi) is 4.31. The molecule has 16 heavy (non-hydrogen) atoms. The van der Waals surface area contributed by atoms with Crippen LogP contribution >= 0.6 is 0 Å². The number of fused-ring (bicyclic) bond motifs is 2. The molecule has 88 valence electrons. The number of hydrogen-bond acceptors (Lipinski definition) is 3. The van der Waals surface area contributed by atoms with Gasteiger partial charge in [-0.05, 0) is 45.0 Å². The topological polar surface area (TPSA) is 28.2 Å². The predicted octanol–water partition coefficient (Wildman–Crippen LogP) is 1.44. The maximum absolute atomic E-state index is 4.65. The van der Waals surface area contributed by atoms with Crippen molar-refractivity contribution < 1.29 is 0 Å². The SMILES string of the molecule is CN1CCCCc2cccc(n2)CNCC1. The van der Waals surface area contributed by atoms with Gasteiger partial charge in [-0.25, -0.2) is 0 Å². The molecule has 2 heterocycles. The van der Waals surface area contributed by atoms with Gasteiger partial charge in [0.1, 0.15) is 0 Å². The Morgan fingerprint density at radius 3 is 3.00 bits per heavy atom. The summed E-state index contributed by atoms with van der Waals surface area (Å²) in [7, 11) is 2.20. The Morgan fingerprint density at radius 1 is 1.19 bits per heavy atom. The van der Waals surface area contributed by atoms with Crippen LogP contribution in [-0.2, 0) is 13.0 Å². The molecule has 0 fully saturated rings. The van der Waals surface area contributed by atoms with Crippen LogP contribution in [0.2, 0.25) is 0 Å². The first-order chi connectivity index (χ1) is 7.84. The fraction of sp³-hybridized carbons (Fsp3) is 0.615. The van der Waals surface area contributed by atoms with E-state index in [0.717, 1.165) is 26.1 Å². The first-order valence-electron chi connectivity index (χ1n) is 6.19. The molecule has 1 aromatic heterocycles. The molecular formula is C13H21N3. The van der Waals surface area contributed by atoms with Crippen molar-refractivity contribution in [2.24, 2.45) is 0 Å². The molecule has 1 aromatic rings. The van der Waals surface area contributed by atoms with Crippen molar-refractivity contribution in [3.8, 4) is 0 Å². The Labute approximate surface area is 97.9 Å². The first-order valence-corrected chi connectivity index (χ1v) is 6.19. The van der Waals surface area contributed by atoms with E-state index in [2.05, 4.69) is 40.4 Å². The van der Waals surface area contributed by atoms with Crippen LogP contribution in [0.4, 0.5) is 0 Å². The summed E-state index contributed by atoms with van der Waals surface area (Å²) in [6.07, 6.45) is 3.62. The van der Waals surface area contributed by atoms with Crippen LogP contribution in [0.15, 0.2) is 18.2 Å². The third-order valence-electron chi connectivity index (χ3n) is 3.06. The van der Waals surface area contributed by atoms with Gasteiger partial charge in [0.25, 0.3) is 0 Å². The number of likely N-dealkylation sites (N-methyl/N-ethyl adjacent to an activating group) is 1. The lowest BCUT2D eigenvalue weighted by molar-refractivity contribution is 0.322. The average molecular weight is 219 g/mol. The average Bonchev–Trinajstić information content (AvgIpc) is 2.30. The maximum atomic E-state index is 4.65. The molecule has 0 spiro atoms. The number of nitrogens with zero attached hydrogens (tertiary/aromatic N) is 2. The molecular weight excluding hydrogens is 198 g/mol. The maximum Gasteiger partial charge on any atom is 0.0544 e. The van der Waals surface area contributed by atoms with Gasteiger partial charge in [0, 0.05) is 25.3 Å². The van der Waals surface area contributed by atoms with Crippen LogP contribution in [0.3, 0.4) is 0 Å². The number of hydrogen-bond donors (Lipinski definition) is 1. The zero-order chi connectivity index (χ0) is 11.2. The molecule has 1 N–H and O–H groups in total. The molecule has 0 atom stereocenters. The van der Waals surface area contributed by atoms with Gasteiger partial charge in [0.2, 0.25) is 0 Å². The van der Waals surface area contributed by atoms with Gasteiger partial charge in [0.15, 0.2) is 0 Å². The normalized spacial score (nSPS) is 19.8. The summed E-state index contributed by atoms with van der Waals surface area (Å²) >= 11 is 0. The van der Waals surface area contributed by atoms with Gasteiger partial charge >= 0.3 is 0 Å². The molecule has 0 aromatic carbocycles. The third-order valence-corrected chi connectivity index (χ3v) is 3.06. The van der Waals surface area contributed by atoms with Gasteiger partial charge in [-0.15, -0.1) is 0 Å². The second-order valence-electron chi connectivity index (χ2n) is 4.56. The van der Waals surface area contributed by atoms with Crippen molar-refractivity contribution in [2.45, 2.75) is 25.8 Å². The Balaban J connectivity index is 2.00. The summed E-state index contributed by atoms with van der Waals surface area (Å²) in [6, 6.07) is 6.36. The molecule has 3 heteroatoms. The van der Waals surface area contributed by atoms with Gasteiger partial charge < -0.3 is 10.2 Å². The van der Waals surface area contributed by atoms with E-state index in [1.54, 1.807) is 0 Å². The van der Waals surface area contributed by atoms with Crippen LogP contribution in [0, 0.1) is 0 Å². The molecule has 0 amide bonds. The van der Waals surface area contributed by atoms with Crippen molar-refractivity contribution in [1.29, 1.82) is 0 Å². The second kappa shape index (κ2) is 5.97. The highest BCUT2D eigenvalue weighted by molar-refractivity contribution is 5.11. The minimum atomic E-state index is 0.891. The van der Waals surface area contributed by atoms with Crippen molar-refractivity contribution in [2.75, 3.05) is 26.7 Å². The lowest BCUT2D eigenvalue weighted by Crippen LogP contribution is -2.30. The monoisotopic (exact) mass is 219 g/mol. The minimum absolute atomic E-state index is 0.891. The number of aromatic nitrogens is 1. The van der Waals surface area contributed by atoms with Crippen LogP contribution in [0.25, 0.3) is 0 Å². The summed E-state index contributed by atoms with van der Waals surface area (Å²) < 4.78 is 0. The molecule has 0 saturated carbocycles. The number of pyridine rings is 1. The summed E-state index contributed by atoms with van der Waals surface area (Å²) in [5.41, 5.74) is 2.41. The van der Waals surface area contributed by atoms with E-state index >= 15 is 0 Å². The summed E-state index contributed by atoms with van der Waals surface area (Å²) in [5, 5.41) is 3.44. The molecule has 2 bridgehead atoms. The van der Waals surface area contributed by atoms with Crippen LogP contribution in [-0.4, -0.2) is 36.6 Å². The summed E-state index contributed by atoms with van der Waals surface area (Å²) in [5.74, 6) is 0. The highest BCUT2D eigenvalue weighted by Gasteiger charge is 2.03. The zero-order valence-corrected chi connectivity index (χ0v) is 10.1. The fourth-order valence-corrected chi connectivity index (χ4v) is 2.05. The Morgan fingerprint density at radius 2 is 2.06 bits per heavy atom. The van der Waals surface area contributed by atoms with Crippen LogP contribution in [0.1, 0.15) is 24.2 Å². The van der Waals surface area contributed by atoms with E-state index in [1.807, 2.05) is 0 Å². The predicted molar refractivity (Wildman–Crippen MR) is 66.4 cm³/mol. The van der Waals surface area contributed by atoms with E-state index in [1.165, 1.54) is 30.8 Å². The smallest absolute Gasteiger partial charge is 0.0544 e. The molecule has 1 aliphatic heterocycles. The van der Waals surface area contributed by atoms with Crippen molar-refractivity contribution in [3.05, 3.63) is 29.6 Å². The Bertz CT molecular complexity index is 297. The van der Waals surface area contributed by atoms with E-state index in [0.29, 0.717) is 0 Å². The van der Waals surface area contributed by atoms with Gasteiger partial charge in [0.05, 0.1) is 5.69 Å². The third kappa shape index (κ3) is 3.58. The van der Waals surface area contributed by atoms with Crippen molar-refractivity contribution in [3.63, 3.8) is 0 Å². The van der Waals surface area contributed by atoms with Crippen molar-refractivity contribution >= 4 is 0 Å². The lowest BCUT2D eigenvalue weighted by Gasteiger charge is -2.17. The van der Waals surface area contributed by atoms with Crippen LogP contribution < -0.4 is 5.32 Å². The summed E-state index contributed by atoms with van der Waals surface area (Å²) in [6.45, 7) is 4.26. The standard InChI is InChI=1S/C13H21N3/c1-16-9-3-2-5-12-6-4-7-13(15-12)11-14-8-10-16/h4,6-7,14H,2-3,5,8-11H2,1H3. The van der Waals surface area contributed by atoms with E-state index in [9.17, 15) is 0 Å². The van der Waals surface area contributed by atoms with Gasteiger partial charge in [-0.1, -0.05) is 6.07 Å². The number of aryl methyl sites for hydroxylation is 1. The molecule has 1 aliphatic rings. The van der Waals surface area contributed by atoms with Crippen LogP contribution in [0.5, 0.6) is 0 Å². The molecule has 2 rings (SSSR count). The quantitative estimate of drug-likeness (QED) is 0.715. The molecule has 3 nitrogen and oxygen atoms in total. The highest BCUT2D eigenvalue weighted by atomic mass is 15.1. The van der Waals surface area contributed by atoms with Gasteiger partial charge in [-0.2, -0.15) is 0 Å². The van der Waals surface area contributed by atoms with E-state index in [-0.39, 0.29) is 0 Å². The van der Waals surface area contributed by atoms with E-state index in [4.69, 9.17) is 0 Å². The minimum Gasteiger partial charge on any atom is -0.310 e. The summed E-state index contributed by atoms with van der Waals surface area (Å²) in [4.78, 5) is 7.05. The first kappa shape index (κ1) is 11.6. The second-order valence-corrected chi connectivity index (χ2v) is 4.56. The van der Waals surface area contributed by atoms with Gasteiger partial charge in [-0.3, -0.25) is 4.98 Å².